The van der Waals surface area contributed by atoms with Crippen molar-refractivity contribution in [3.63, 3.8) is 0 Å². The molecule has 0 saturated heterocycles. The molecule has 0 unspecified atom stereocenters. The van der Waals surface area contributed by atoms with Gasteiger partial charge in [-0.2, -0.15) is 18.5 Å². The molecule has 1 aromatic carbocycles. The highest BCUT2D eigenvalue weighted by molar-refractivity contribution is 7.90. The number of aromatic nitrogens is 4. The minimum atomic E-state index is -4.19. The van der Waals surface area contributed by atoms with Gasteiger partial charge in [0, 0.05) is 11.4 Å². The van der Waals surface area contributed by atoms with Crippen LogP contribution in [0, 0.1) is 13.8 Å². The lowest BCUT2D eigenvalue weighted by atomic mass is 10.2. The van der Waals surface area contributed by atoms with Gasteiger partial charge in [-0.25, -0.2) is 14.8 Å². The fourth-order valence-electron chi connectivity index (χ4n) is 2.35. The summed E-state index contributed by atoms with van der Waals surface area (Å²) in [6.07, 6.45) is 0. The van der Waals surface area contributed by atoms with Crippen molar-refractivity contribution < 1.29 is 17.9 Å². The van der Waals surface area contributed by atoms with Crippen LogP contribution in [0.4, 0.5) is 5.95 Å². The molecule has 0 amide bonds. The van der Waals surface area contributed by atoms with E-state index in [-0.39, 0.29) is 21.2 Å². The van der Waals surface area contributed by atoms with E-state index in [4.69, 9.17) is 0 Å². The highest BCUT2D eigenvalue weighted by Crippen LogP contribution is 2.18. The van der Waals surface area contributed by atoms with E-state index >= 15 is 0 Å². The van der Waals surface area contributed by atoms with Crippen molar-refractivity contribution in [3.05, 3.63) is 57.6 Å². The molecule has 0 radical (unpaired) electrons. The van der Waals surface area contributed by atoms with Crippen LogP contribution in [0.3, 0.4) is 0 Å². The lowest BCUT2D eigenvalue weighted by molar-refractivity contribution is 0.0596. The predicted molar refractivity (Wildman–Crippen MR) is 97.2 cm³/mol. The van der Waals surface area contributed by atoms with Gasteiger partial charge in [0.2, 0.25) is 4.80 Å². The number of rotatable bonds is 4. The molecule has 0 aliphatic rings. The molecule has 0 atom stereocenters. The number of esters is 1. The molecule has 2 heterocycles. The van der Waals surface area contributed by atoms with Crippen molar-refractivity contribution >= 4 is 33.3 Å². The molecule has 0 fully saturated rings. The largest absolute Gasteiger partial charge is 0.465 e. The first-order valence-electron chi connectivity index (χ1n) is 7.65. The Morgan fingerprint density at radius 3 is 2.52 bits per heavy atom. The first-order chi connectivity index (χ1) is 12.8. The van der Waals surface area contributed by atoms with Gasteiger partial charge in [-0.05, 0) is 32.0 Å². The van der Waals surface area contributed by atoms with Gasteiger partial charge in [-0.15, -0.1) is 4.09 Å². The third-order valence-electron chi connectivity index (χ3n) is 3.44. The Morgan fingerprint density at radius 1 is 1.19 bits per heavy atom. The molecule has 0 N–H and O–H groups in total. The zero-order valence-corrected chi connectivity index (χ0v) is 16.3. The van der Waals surface area contributed by atoms with E-state index in [9.17, 15) is 13.2 Å². The van der Waals surface area contributed by atoms with Gasteiger partial charge in [0.15, 0.2) is 0 Å². The van der Waals surface area contributed by atoms with E-state index in [1.165, 1.54) is 30.8 Å². The van der Waals surface area contributed by atoms with Crippen molar-refractivity contribution in [1.29, 1.82) is 0 Å². The van der Waals surface area contributed by atoms with Gasteiger partial charge in [0.1, 0.15) is 10.4 Å². The Balaban J connectivity index is 2.18. The molecular formula is C16H15N5O4S2. The maximum atomic E-state index is 13.1. The molecule has 9 nitrogen and oxygen atoms in total. The highest BCUT2D eigenvalue weighted by atomic mass is 32.2. The monoisotopic (exact) mass is 405 g/mol. The van der Waals surface area contributed by atoms with Gasteiger partial charge in [-0.1, -0.05) is 23.5 Å². The van der Waals surface area contributed by atoms with Crippen LogP contribution in [0.15, 0.2) is 45.7 Å². The van der Waals surface area contributed by atoms with Crippen LogP contribution >= 0.6 is 11.3 Å². The molecule has 0 aliphatic heterocycles. The standard InChI is InChI=1S/C16H15N5O4S2/c1-10-8-11(2)19-15(18-10)20-16-21(17-9-26-16)27(23,24)13-7-5-4-6-12(13)14(22)25-3/h4-9H,1-3H3/b20-16-. The van der Waals surface area contributed by atoms with Crippen LogP contribution in [-0.4, -0.2) is 40.7 Å². The minimum Gasteiger partial charge on any atom is -0.465 e. The average Bonchev–Trinajstić information content (AvgIpc) is 3.09. The SMILES string of the molecule is COC(=O)c1ccccc1S(=O)(=O)n1ncs/c1=N\c1nc(C)cc(C)n1. The molecule has 0 spiro atoms. The second kappa shape index (κ2) is 7.37. The Morgan fingerprint density at radius 2 is 1.85 bits per heavy atom. The zero-order valence-electron chi connectivity index (χ0n) is 14.6. The lowest BCUT2D eigenvalue weighted by Crippen LogP contribution is -2.27. The Bertz CT molecular complexity index is 1160. The summed E-state index contributed by atoms with van der Waals surface area (Å²) in [6, 6.07) is 7.52. The van der Waals surface area contributed by atoms with E-state index in [2.05, 4.69) is 24.8 Å². The van der Waals surface area contributed by atoms with Gasteiger partial charge in [0.25, 0.3) is 16.0 Å². The summed E-state index contributed by atoms with van der Waals surface area (Å²) < 4.78 is 31.6. The number of ether oxygens (including phenoxy) is 1. The third-order valence-corrected chi connectivity index (χ3v) is 5.86. The molecule has 3 rings (SSSR count). The van der Waals surface area contributed by atoms with Crippen molar-refractivity contribution in [2.75, 3.05) is 7.11 Å². The second-order valence-electron chi connectivity index (χ2n) is 5.42. The van der Waals surface area contributed by atoms with Crippen molar-refractivity contribution in [1.82, 2.24) is 19.2 Å². The molecular weight excluding hydrogens is 390 g/mol. The Labute approximate surface area is 159 Å². The third kappa shape index (κ3) is 3.78. The summed E-state index contributed by atoms with van der Waals surface area (Å²) in [7, 11) is -3.01. The number of carbonyl (C=O) groups excluding carboxylic acids is 1. The molecule has 11 heteroatoms. The first-order valence-corrected chi connectivity index (χ1v) is 9.97. The first kappa shape index (κ1) is 18.9. The van der Waals surface area contributed by atoms with Crippen molar-refractivity contribution in [2.24, 2.45) is 4.99 Å². The highest BCUT2D eigenvalue weighted by Gasteiger charge is 2.26. The predicted octanol–water partition coefficient (Wildman–Crippen LogP) is 1.61. The second-order valence-corrected chi connectivity index (χ2v) is 7.97. The normalized spacial score (nSPS) is 12.2. The van der Waals surface area contributed by atoms with Gasteiger partial charge in [-0.3, -0.25) is 0 Å². The maximum absolute atomic E-state index is 13.1. The number of hydrogen-bond donors (Lipinski definition) is 0. The summed E-state index contributed by atoms with van der Waals surface area (Å²) in [6.45, 7) is 3.58. The molecule has 2 aromatic heterocycles. The van der Waals surface area contributed by atoms with Crippen molar-refractivity contribution in [2.45, 2.75) is 18.7 Å². The molecule has 3 aromatic rings. The van der Waals surface area contributed by atoms with Gasteiger partial charge >= 0.3 is 5.97 Å². The molecule has 0 aliphatic carbocycles. The van der Waals surface area contributed by atoms with Crippen LogP contribution in [0.2, 0.25) is 0 Å². The van der Waals surface area contributed by atoms with Crippen LogP contribution in [0.25, 0.3) is 0 Å². The number of carbonyl (C=O) groups is 1. The van der Waals surface area contributed by atoms with E-state index in [0.29, 0.717) is 11.4 Å². The number of nitrogens with zero attached hydrogens (tertiary/aromatic N) is 5. The molecule has 140 valence electrons. The average molecular weight is 405 g/mol. The fraction of sp³-hybridized carbons (Fsp3) is 0.188. The Kier molecular flexibility index (Phi) is 5.15. The van der Waals surface area contributed by atoms with Crippen molar-refractivity contribution in [3.8, 4) is 0 Å². The maximum Gasteiger partial charge on any atom is 0.339 e. The summed E-state index contributed by atoms with van der Waals surface area (Å²) in [4.78, 5) is 24.3. The quantitative estimate of drug-likeness (QED) is 0.605. The van der Waals surface area contributed by atoms with Crippen LogP contribution in [-0.2, 0) is 14.8 Å². The van der Waals surface area contributed by atoms with Crippen LogP contribution in [0.5, 0.6) is 0 Å². The number of methoxy groups -OCH3 is 1. The molecule has 27 heavy (non-hydrogen) atoms. The summed E-state index contributed by atoms with van der Waals surface area (Å²) in [5, 5.41) is 3.88. The minimum absolute atomic E-state index is 0.0552. The van der Waals surface area contributed by atoms with Gasteiger partial charge in [0.05, 0.1) is 12.7 Å². The van der Waals surface area contributed by atoms with E-state index < -0.39 is 16.0 Å². The Hall–Kier alpha value is -2.92. The summed E-state index contributed by atoms with van der Waals surface area (Å²) in [5.41, 5.74) is 2.65. The number of benzene rings is 1. The summed E-state index contributed by atoms with van der Waals surface area (Å²) >= 11 is 1.01. The fourth-order valence-corrected chi connectivity index (χ4v) is 4.62. The van der Waals surface area contributed by atoms with Gasteiger partial charge < -0.3 is 4.74 Å². The number of aryl methyl sites for hydroxylation is 2. The van der Waals surface area contributed by atoms with E-state index in [1.54, 1.807) is 26.0 Å². The zero-order chi connectivity index (χ0) is 19.6. The molecule has 0 bridgehead atoms. The molecule has 0 saturated carbocycles. The van der Waals surface area contributed by atoms with E-state index in [1.807, 2.05) is 0 Å². The van der Waals surface area contributed by atoms with Crippen LogP contribution in [0.1, 0.15) is 21.7 Å². The number of hydrogen-bond acceptors (Lipinski definition) is 9. The summed E-state index contributed by atoms with van der Waals surface area (Å²) in [5.74, 6) is -0.636. The van der Waals surface area contributed by atoms with Crippen LogP contribution < -0.4 is 4.80 Å². The van der Waals surface area contributed by atoms with E-state index in [0.717, 1.165) is 15.4 Å². The smallest absolute Gasteiger partial charge is 0.339 e. The lowest BCUT2D eigenvalue weighted by Gasteiger charge is -2.08. The topological polar surface area (TPSA) is 116 Å².